The minimum absolute atomic E-state index is 0.0665. The normalized spacial score (nSPS) is 29.6. The summed E-state index contributed by atoms with van der Waals surface area (Å²) < 4.78 is 13.8. The maximum Gasteiger partial charge on any atom is 0.307 e. The summed E-state index contributed by atoms with van der Waals surface area (Å²) in [5.74, 6) is -3.38. The molecule has 0 aliphatic heterocycles. The van der Waals surface area contributed by atoms with Gasteiger partial charge < -0.3 is 10.4 Å². The summed E-state index contributed by atoms with van der Waals surface area (Å²) in [6.07, 6.45) is 4.47. The van der Waals surface area contributed by atoms with Crippen LogP contribution in [0.1, 0.15) is 12.0 Å². The van der Waals surface area contributed by atoms with E-state index in [1.54, 1.807) is 19.1 Å². The lowest BCUT2D eigenvalue weighted by molar-refractivity contribution is -0.146. The Hall–Kier alpha value is -2.17. The molecule has 1 saturated carbocycles. The summed E-state index contributed by atoms with van der Waals surface area (Å²) in [4.78, 5) is 23.9. The molecule has 2 N–H and O–H groups in total. The number of aliphatic carboxylic acids is 1. The van der Waals surface area contributed by atoms with Gasteiger partial charge in [-0.1, -0.05) is 24.3 Å². The van der Waals surface area contributed by atoms with Crippen LogP contribution in [0.5, 0.6) is 0 Å². The van der Waals surface area contributed by atoms with E-state index < -0.39 is 29.5 Å². The van der Waals surface area contributed by atoms with Gasteiger partial charge in [0.2, 0.25) is 5.91 Å². The highest BCUT2D eigenvalue weighted by Crippen LogP contribution is 2.48. The topological polar surface area (TPSA) is 66.4 Å². The van der Waals surface area contributed by atoms with Gasteiger partial charge in [-0.3, -0.25) is 9.59 Å². The van der Waals surface area contributed by atoms with Crippen molar-refractivity contribution in [2.24, 2.45) is 23.7 Å². The lowest BCUT2D eigenvalue weighted by Crippen LogP contribution is -2.36. The molecule has 2 bridgehead atoms. The molecule has 2 aliphatic rings. The van der Waals surface area contributed by atoms with Crippen molar-refractivity contribution in [2.75, 3.05) is 5.32 Å². The quantitative estimate of drug-likeness (QED) is 0.841. The fourth-order valence-electron chi connectivity index (χ4n) is 3.51. The van der Waals surface area contributed by atoms with E-state index in [-0.39, 0.29) is 17.5 Å². The predicted molar refractivity (Wildman–Crippen MR) is 75.1 cm³/mol. The molecule has 2 unspecified atom stereocenters. The van der Waals surface area contributed by atoms with Crippen LogP contribution in [0, 0.1) is 36.4 Å². The molecule has 0 heterocycles. The largest absolute Gasteiger partial charge is 0.481 e. The van der Waals surface area contributed by atoms with Crippen LogP contribution in [0.15, 0.2) is 30.4 Å². The number of hydrogen-bond donors (Lipinski definition) is 2. The first-order valence-electron chi connectivity index (χ1n) is 6.96. The van der Waals surface area contributed by atoms with Crippen molar-refractivity contribution in [1.29, 1.82) is 0 Å². The Morgan fingerprint density at radius 3 is 2.52 bits per heavy atom. The number of halogens is 1. The second-order valence-corrected chi connectivity index (χ2v) is 5.76. The van der Waals surface area contributed by atoms with Crippen LogP contribution in [-0.4, -0.2) is 17.0 Å². The molecule has 0 radical (unpaired) electrons. The molecule has 1 fully saturated rings. The highest BCUT2D eigenvalue weighted by Gasteiger charge is 2.51. The average Bonchev–Trinajstić information content (AvgIpc) is 3.03. The molecule has 0 saturated heterocycles. The maximum atomic E-state index is 13.8. The molecule has 1 aromatic rings. The molecule has 0 spiro atoms. The van der Waals surface area contributed by atoms with Gasteiger partial charge in [0.05, 0.1) is 17.5 Å². The third kappa shape index (κ3) is 2.22. The van der Waals surface area contributed by atoms with Crippen molar-refractivity contribution < 1.29 is 19.1 Å². The van der Waals surface area contributed by atoms with Gasteiger partial charge in [0.25, 0.3) is 0 Å². The fraction of sp³-hybridized carbons (Fsp3) is 0.375. The van der Waals surface area contributed by atoms with Crippen molar-refractivity contribution in [3.63, 3.8) is 0 Å². The zero-order chi connectivity index (χ0) is 15.1. The number of carboxylic acid groups (broad SMARTS) is 1. The van der Waals surface area contributed by atoms with Gasteiger partial charge in [0.15, 0.2) is 0 Å². The molecular weight excluding hydrogens is 273 g/mol. The van der Waals surface area contributed by atoms with E-state index in [4.69, 9.17) is 0 Å². The van der Waals surface area contributed by atoms with Crippen LogP contribution in [0.3, 0.4) is 0 Å². The minimum atomic E-state index is -0.961. The van der Waals surface area contributed by atoms with Crippen molar-refractivity contribution in [2.45, 2.75) is 13.3 Å². The van der Waals surface area contributed by atoms with E-state index in [0.717, 1.165) is 0 Å². The molecule has 4 nitrogen and oxygen atoms in total. The predicted octanol–water partition coefficient (Wildman–Crippen LogP) is 2.60. The standard InChI is InChI=1S/C16H16FNO3/c1-8-3-2-4-11(17)14(8)18-15(19)12-9-5-6-10(7-9)13(12)16(20)21/h2-6,9-10,12-13H,7H2,1H3,(H,18,19)(H,20,21)/t9?,10?,12-,13+/m0/s1. The molecule has 1 aromatic carbocycles. The van der Waals surface area contributed by atoms with Crippen molar-refractivity contribution in [3.05, 3.63) is 41.7 Å². The first-order chi connectivity index (χ1) is 9.99. The number of amides is 1. The van der Waals surface area contributed by atoms with Gasteiger partial charge in [-0.05, 0) is 36.8 Å². The van der Waals surface area contributed by atoms with Crippen molar-refractivity contribution >= 4 is 17.6 Å². The monoisotopic (exact) mass is 289 g/mol. The summed E-state index contributed by atoms with van der Waals surface area (Å²) in [6.45, 7) is 1.70. The van der Waals surface area contributed by atoms with E-state index in [1.807, 2.05) is 12.2 Å². The Labute approximate surface area is 121 Å². The second kappa shape index (κ2) is 4.98. The Morgan fingerprint density at radius 1 is 1.24 bits per heavy atom. The fourth-order valence-corrected chi connectivity index (χ4v) is 3.51. The van der Waals surface area contributed by atoms with Gasteiger partial charge in [-0.2, -0.15) is 0 Å². The Kier molecular flexibility index (Phi) is 3.27. The van der Waals surface area contributed by atoms with Crippen molar-refractivity contribution in [3.8, 4) is 0 Å². The molecule has 1 amide bonds. The number of allylic oxidation sites excluding steroid dienone is 2. The van der Waals surface area contributed by atoms with Gasteiger partial charge in [-0.25, -0.2) is 4.39 Å². The molecule has 4 atom stereocenters. The number of carbonyl (C=O) groups excluding carboxylic acids is 1. The molecule has 5 heteroatoms. The third-order valence-corrected chi connectivity index (χ3v) is 4.52. The maximum absolute atomic E-state index is 13.8. The summed E-state index contributed by atoms with van der Waals surface area (Å²) >= 11 is 0. The number of anilines is 1. The van der Waals surface area contributed by atoms with E-state index in [1.165, 1.54) is 6.07 Å². The molecule has 21 heavy (non-hydrogen) atoms. The first kappa shape index (κ1) is 13.8. The number of carboxylic acids is 1. The van der Waals surface area contributed by atoms with E-state index in [9.17, 15) is 19.1 Å². The van der Waals surface area contributed by atoms with Gasteiger partial charge in [0.1, 0.15) is 5.82 Å². The molecular formula is C16H16FNO3. The average molecular weight is 289 g/mol. The summed E-state index contributed by atoms with van der Waals surface area (Å²) in [5.41, 5.74) is 0.757. The third-order valence-electron chi connectivity index (χ3n) is 4.52. The van der Waals surface area contributed by atoms with Crippen LogP contribution in [0.25, 0.3) is 0 Å². The van der Waals surface area contributed by atoms with Crippen LogP contribution in [0.4, 0.5) is 10.1 Å². The number of para-hydroxylation sites is 1. The number of carbonyl (C=O) groups is 2. The zero-order valence-corrected chi connectivity index (χ0v) is 11.5. The zero-order valence-electron chi connectivity index (χ0n) is 11.5. The van der Waals surface area contributed by atoms with Crippen LogP contribution in [0.2, 0.25) is 0 Å². The Morgan fingerprint density at radius 2 is 1.90 bits per heavy atom. The Bertz CT molecular complexity index is 620. The van der Waals surface area contributed by atoms with Crippen LogP contribution >= 0.6 is 0 Å². The number of aryl methyl sites for hydroxylation is 1. The molecule has 3 rings (SSSR count). The summed E-state index contributed by atoms with van der Waals surface area (Å²) in [5, 5.41) is 11.9. The SMILES string of the molecule is Cc1cccc(F)c1NC(=O)[C@H]1C2C=CC(C2)[C@H]1C(=O)O. The molecule has 0 aromatic heterocycles. The summed E-state index contributed by atoms with van der Waals surface area (Å²) in [6, 6.07) is 4.55. The van der Waals surface area contributed by atoms with Gasteiger partial charge >= 0.3 is 5.97 Å². The smallest absolute Gasteiger partial charge is 0.307 e. The number of hydrogen-bond acceptors (Lipinski definition) is 2. The number of fused-ring (bicyclic) bond motifs is 2. The van der Waals surface area contributed by atoms with Gasteiger partial charge in [-0.15, -0.1) is 0 Å². The van der Waals surface area contributed by atoms with E-state index >= 15 is 0 Å². The number of nitrogens with one attached hydrogen (secondary N) is 1. The van der Waals surface area contributed by atoms with Crippen molar-refractivity contribution in [1.82, 2.24) is 0 Å². The highest BCUT2D eigenvalue weighted by molar-refractivity contribution is 5.97. The van der Waals surface area contributed by atoms with E-state index in [2.05, 4.69) is 5.32 Å². The van der Waals surface area contributed by atoms with Crippen LogP contribution in [-0.2, 0) is 9.59 Å². The lowest BCUT2D eigenvalue weighted by atomic mass is 9.82. The first-order valence-corrected chi connectivity index (χ1v) is 6.96. The Balaban J connectivity index is 1.85. The molecule has 110 valence electrons. The second-order valence-electron chi connectivity index (χ2n) is 5.76. The number of rotatable bonds is 3. The van der Waals surface area contributed by atoms with Crippen LogP contribution < -0.4 is 5.32 Å². The highest BCUT2D eigenvalue weighted by atomic mass is 19.1. The van der Waals surface area contributed by atoms with Gasteiger partial charge in [0, 0.05) is 0 Å². The minimum Gasteiger partial charge on any atom is -0.481 e. The molecule has 2 aliphatic carbocycles. The number of benzene rings is 1. The summed E-state index contributed by atoms with van der Waals surface area (Å²) in [7, 11) is 0. The van der Waals surface area contributed by atoms with E-state index in [0.29, 0.717) is 12.0 Å². The lowest BCUT2D eigenvalue weighted by Gasteiger charge is -2.24.